The monoisotopic (exact) mass is 528 g/mol. The number of benzene rings is 2. The van der Waals surface area contributed by atoms with Crippen LogP contribution < -0.4 is 20.5 Å². The van der Waals surface area contributed by atoms with E-state index in [4.69, 9.17) is 10.5 Å². The van der Waals surface area contributed by atoms with Crippen molar-refractivity contribution in [3.63, 3.8) is 0 Å². The summed E-state index contributed by atoms with van der Waals surface area (Å²) in [6.07, 6.45) is 4.41. The van der Waals surface area contributed by atoms with E-state index in [1.54, 1.807) is 42.1 Å². The number of hydrogen-bond acceptors (Lipinski definition) is 9. The third kappa shape index (κ3) is 6.11. The van der Waals surface area contributed by atoms with E-state index in [0.717, 1.165) is 16.9 Å². The second kappa shape index (κ2) is 10.7. The Morgan fingerprint density at radius 3 is 2.47 bits per heavy atom. The Morgan fingerprint density at radius 2 is 1.74 bits per heavy atom. The SMILES string of the molecule is Cn1cnc(S(=O)(=O)NCc2cc(Oc3ccc(Nc4cc(-c5ccccc5)nc(N)n4)cc3)ccn2)c1. The second-order valence-corrected chi connectivity index (χ2v) is 10.0. The van der Waals surface area contributed by atoms with E-state index in [1.165, 1.54) is 12.5 Å². The van der Waals surface area contributed by atoms with E-state index in [0.29, 0.717) is 23.0 Å². The summed E-state index contributed by atoms with van der Waals surface area (Å²) in [5, 5.41) is 3.18. The zero-order valence-corrected chi connectivity index (χ0v) is 21.1. The number of sulfonamides is 1. The van der Waals surface area contributed by atoms with Crippen LogP contribution in [0.25, 0.3) is 11.3 Å². The zero-order chi connectivity index (χ0) is 26.5. The highest BCUT2D eigenvalue weighted by Gasteiger charge is 2.17. The van der Waals surface area contributed by atoms with Gasteiger partial charge >= 0.3 is 0 Å². The van der Waals surface area contributed by atoms with Crippen LogP contribution in [0.15, 0.2) is 96.5 Å². The Morgan fingerprint density at radius 1 is 0.947 bits per heavy atom. The smallest absolute Gasteiger partial charge is 0.259 e. The number of nitrogen functional groups attached to an aromatic ring is 1. The van der Waals surface area contributed by atoms with Crippen molar-refractivity contribution in [2.24, 2.45) is 7.05 Å². The summed E-state index contributed by atoms with van der Waals surface area (Å²) < 4.78 is 34.8. The second-order valence-electron chi connectivity index (χ2n) is 8.30. The topological polar surface area (TPSA) is 150 Å². The maximum Gasteiger partial charge on any atom is 0.259 e. The van der Waals surface area contributed by atoms with Crippen molar-refractivity contribution < 1.29 is 13.2 Å². The lowest BCUT2D eigenvalue weighted by Crippen LogP contribution is -2.24. The van der Waals surface area contributed by atoms with E-state index in [1.807, 2.05) is 48.5 Å². The molecule has 0 unspecified atom stereocenters. The summed E-state index contributed by atoms with van der Waals surface area (Å²) in [4.78, 5) is 16.7. The lowest BCUT2D eigenvalue weighted by molar-refractivity contribution is 0.480. The fraction of sp³-hybridized carbons (Fsp3) is 0.0769. The molecule has 0 radical (unpaired) electrons. The van der Waals surface area contributed by atoms with E-state index in [-0.39, 0.29) is 17.5 Å². The van der Waals surface area contributed by atoms with Crippen LogP contribution in [0.5, 0.6) is 11.5 Å². The molecule has 0 spiro atoms. The number of hydrogen-bond donors (Lipinski definition) is 3. The molecule has 0 amide bonds. The predicted molar refractivity (Wildman–Crippen MR) is 143 cm³/mol. The molecule has 5 rings (SSSR count). The molecule has 5 aromatic rings. The third-order valence-electron chi connectivity index (χ3n) is 5.36. The van der Waals surface area contributed by atoms with Gasteiger partial charge in [-0.2, -0.15) is 4.98 Å². The summed E-state index contributed by atoms with van der Waals surface area (Å²) in [5.74, 6) is 1.85. The van der Waals surface area contributed by atoms with Gasteiger partial charge in [0.2, 0.25) is 5.95 Å². The number of aromatic nitrogens is 5. The summed E-state index contributed by atoms with van der Waals surface area (Å²) in [7, 11) is -2.05. The first kappa shape index (κ1) is 24.9. The molecule has 0 fully saturated rings. The van der Waals surface area contributed by atoms with Crippen LogP contribution in [0.4, 0.5) is 17.5 Å². The Bertz CT molecular complexity index is 1660. The van der Waals surface area contributed by atoms with Gasteiger partial charge in [-0.1, -0.05) is 30.3 Å². The molecule has 0 aliphatic heterocycles. The van der Waals surface area contributed by atoms with E-state index >= 15 is 0 Å². The fourth-order valence-corrected chi connectivity index (χ4v) is 4.54. The van der Waals surface area contributed by atoms with Gasteiger partial charge in [0.05, 0.1) is 24.3 Å². The molecule has 3 heterocycles. The molecule has 11 nitrogen and oxygen atoms in total. The van der Waals surface area contributed by atoms with Gasteiger partial charge < -0.3 is 20.4 Å². The van der Waals surface area contributed by atoms with Crippen LogP contribution in [-0.2, 0) is 23.6 Å². The molecule has 192 valence electrons. The average Bonchev–Trinajstić information content (AvgIpc) is 3.36. The van der Waals surface area contributed by atoms with Gasteiger partial charge in [-0.05, 0) is 30.3 Å². The minimum atomic E-state index is -3.75. The number of nitrogens with one attached hydrogen (secondary N) is 2. The van der Waals surface area contributed by atoms with Crippen LogP contribution in [0, 0.1) is 0 Å². The Hall–Kier alpha value is -4.81. The molecular formula is C26H24N8O3S. The van der Waals surface area contributed by atoms with Crippen LogP contribution in [0.1, 0.15) is 5.69 Å². The molecule has 0 saturated carbocycles. The highest BCUT2D eigenvalue weighted by molar-refractivity contribution is 7.89. The molecule has 38 heavy (non-hydrogen) atoms. The van der Waals surface area contributed by atoms with Gasteiger partial charge in [-0.15, -0.1) is 0 Å². The highest BCUT2D eigenvalue weighted by atomic mass is 32.2. The Balaban J connectivity index is 1.23. The summed E-state index contributed by atoms with van der Waals surface area (Å²) in [6, 6.07) is 22.2. The molecule has 4 N–H and O–H groups in total. The molecule has 0 saturated heterocycles. The van der Waals surface area contributed by atoms with Gasteiger partial charge in [0.15, 0.2) is 5.03 Å². The van der Waals surface area contributed by atoms with Crippen molar-refractivity contribution >= 4 is 27.5 Å². The minimum absolute atomic E-state index is 0.00794. The van der Waals surface area contributed by atoms with Crippen LogP contribution in [0.3, 0.4) is 0 Å². The normalized spacial score (nSPS) is 11.3. The fourth-order valence-electron chi connectivity index (χ4n) is 3.56. The van der Waals surface area contributed by atoms with E-state index in [2.05, 4.69) is 30.0 Å². The maximum absolute atomic E-state index is 12.4. The first-order valence-corrected chi connectivity index (χ1v) is 13.0. The zero-order valence-electron chi connectivity index (χ0n) is 20.3. The third-order valence-corrected chi connectivity index (χ3v) is 6.65. The number of aryl methyl sites for hydroxylation is 1. The van der Waals surface area contributed by atoms with Crippen LogP contribution >= 0.6 is 0 Å². The van der Waals surface area contributed by atoms with Gasteiger partial charge in [-0.25, -0.2) is 23.1 Å². The molecular weight excluding hydrogens is 504 g/mol. The van der Waals surface area contributed by atoms with E-state index < -0.39 is 10.0 Å². The number of rotatable bonds is 9. The van der Waals surface area contributed by atoms with Crippen molar-refractivity contribution in [1.82, 2.24) is 29.2 Å². The molecule has 0 bridgehead atoms. The van der Waals surface area contributed by atoms with Gasteiger partial charge in [0.25, 0.3) is 10.0 Å². The van der Waals surface area contributed by atoms with Crippen molar-refractivity contribution in [3.8, 4) is 22.8 Å². The molecule has 12 heteroatoms. The maximum atomic E-state index is 12.4. The summed E-state index contributed by atoms with van der Waals surface area (Å²) in [5.41, 5.74) is 8.86. The number of ether oxygens (including phenoxy) is 1. The highest BCUT2D eigenvalue weighted by Crippen LogP contribution is 2.26. The van der Waals surface area contributed by atoms with Crippen LogP contribution in [-0.4, -0.2) is 32.9 Å². The van der Waals surface area contributed by atoms with Crippen molar-refractivity contribution in [1.29, 1.82) is 0 Å². The number of pyridine rings is 1. The lowest BCUT2D eigenvalue weighted by Gasteiger charge is -2.11. The number of imidazole rings is 1. The lowest BCUT2D eigenvalue weighted by atomic mass is 10.1. The Kier molecular flexibility index (Phi) is 6.98. The van der Waals surface area contributed by atoms with Crippen molar-refractivity contribution in [2.45, 2.75) is 11.6 Å². The molecule has 0 aliphatic rings. The van der Waals surface area contributed by atoms with Crippen molar-refractivity contribution in [2.75, 3.05) is 11.1 Å². The van der Waals surface area contributed by atoms with Crippen molar-refractivity contribution in [3.05, 3.63) is 97.2 Å². The van der Waals surface area contributed by atoms with Gasteiger partial charge in [-0.3, -0.25) is 4.98 Å². The summed E-state index contributed by atoms with van der Waals surface area (Å²) in [6.45, 7) is -0.00794. The first-order chi connectivity index (χ1) is 18.3. The first-order valence-electron chi connectivity index (χ1n) is 11.5. The van der Waals surface area contributed by atoms with Crippen LogP contribution in [0.2, 0.25) is 0 Å². The van der Waals surface area contributed by atoms with E-state index in [9.17, 15) is 8.42 Å². The van der Waals surface area contributed by atoms with Gasteiger partial charge in [0, 0.05) is 42.8 Å². The quantitative estimate of drug-likeness (QED) is 0.259. The predicted octanol–water partition coefficient (Wildman–Crippen LogP) is 3.87. The molecule has 3 aromatic heterocycles. The number of nitrogens with two attached hydrogens (primary N) is 1. The Labute approximate surface area is 219 Å². The van der Waals surface area contributed by atoms with Gasteiger partial charge in [0.1, 0.15) is 17.3 Å². The minimum Gasteiger partial charge on any atom is -0.457 e. The largest absolute Gasteiger partial charge is 0.457 e. The molecule has 2 aromatic carbocycles. The number of anilines is 3. The standard InChI is InChI=1S/C26H24N8O3S/c1-34-16-25(29-17-34)38(35,36)30-15-20-13-22(11-12-28-20)37-21-9-7-19(8-10-21)31-24-14-23(32-26(27)33-24)18-5-3-2-4-6-18/h2-14,16-17,30H,15H2,1H3,(H3,27,31,32,33). The molecule has 0 atom stereocenters. The summed E-state index contributed by atoms with van der Waals surface area (Å²) >= 11 is 0. The molecule has 0 aliphatic carbocycles. The number of nitrogens with zero attached hydrogens (tertiary/aromatic N) is 5. The average molecular weight is 529 g/mol.